The number of aryl methyl sites for hydroxylation is 2. The highest BCUT2D eigenvalue weighted by Gasteiger charge is 2.12. The third-order valence-electron chi connectivity index (χ3n) is 3.31. The van der Waals surface area contributed by atoms with E-state index in [4.69, 9.17) is 0 Å². The molecule has 0 fully saturated rings. The van der Waals surface area contributed by atoms with E-state index in [0.717, 1.165) is 28.6 Å². The highest BCUT2D eigenvalue weighted by molar-refractivity contribution is 5.86. The zero-order chi connectivity index (χ0) is 12.6. The van der Waals surface area contributed by atoms with Gasteiger partial charge in [0.15, 0.2) is 0 Å². The van der Waals surface area contributed by atoms with Crippen LogP contribution >= 0.6 is 0 Å². The first-order valence-electron chi connectivity index (χ1n) is 5.73. The normalized spacial score (nSPS) is 11.1. The Morgan fingerprint density at radius 3 is 2.76 bits per heavy atom. The van der Waals surface area contributed by atoms with Gasteiger partial charge in [-0.15, -0.1) is 0 Å². The van der Waals surface area contributed by atoms with E-state index in [1.54, 1.807) is 19.1 Å². The van der Waals surface area contributed by atoms with E-state index in [-0.39, 0.29) is 11.6 Å². The Kier molecular flexibility index (Phi) is 3.01. The number of carbonyl (C=O) groups is 1. The van der Waals surface area contributed by atoms with Gasteiger partial charge in [-0.05, 0) is 44.0 Å². The van der Waals surface area contributed by atoms with E-state index in [1.807, 2.05) is 18.5 Å². The molecule has 0 atom stereocenters. The fraction of sp³-hybridized carbons (Fsp3) is 0.357. The van der Waals surface area contributed by atoms with Gasteiger partial charge in [0.1, 0.15) is 11.6 Å². The lowest BCUT2D eigenvalue weighted by Crippen LogP contribution is -1.96. The van der Waals surface area contributed by atoms with Crippen LogP contribution in [0.5, 0.6) is 0 Å². The molecule has 0 saturated heterocycles. The van der Waals surface area contributed by atoms with E-state index in [9.17, 15) is 9.18 Å². The summed E-state index contributed by atoms with van der Waals surface area (Å²) in [5.41, 5.74) is 3.14. The first kappa shape index (κ1) is 11.8. The summed E-state index contributed by atoms with van der Waals surface area (Å²) >= 11 is 0. The molecule has 0 aliphatic rings. The number of hydrogen-bond donors (Lipinski definition) is 0. The Hall–Kier alpha value is -1.64. The molecular formula is C14H16FNO. The minimum absolute atomic E-state index is 0.184. The van der Waals surface area contributed by atoms with E-state index in [1.165, 1.54) is 6.07 Å². The molecular weight excluding hydrogens is 217 g/mol. The molecule has 1 heterocycles. The van der Waals surface area contributed by atoms with Crippen molar-refractivity contribution in [3.63, 3.8) is 0 Å². The van der Waals surface area contributed by atoms with Crippen molar-refractivity contribution in [1.29, 1.82) is 0 Å². The van der Waals surface area contributed by atoms with Crippen molar-refractivity contribution >= 4 is 16.7 Å². The second-order valence-electron chi connectivity index (χ2n) is 4.49. The Morgan fingerprint density at radius 1 is 1.41 bits per heavy atom. The Balaban J connectivity index is 2.54. The minimum atomic E-state index is -0.226. The minimum Gasteiger partial charge on any atom is -0.348 e. The number of aromatic nitrogens is 1. The zero-order valence-corrected chi connectivity index (χ0v) is 10.4. The fourth-order valence-corrected chi connectivity index (χ4v) is 2.23. The number of ketones is 1. The van der Waals surface area contributed by atoms with Crippen molar-refractivity contribution in [2.45, 2.75) is 26.7 Å². The molecule has 0 bridgehead atoms. The van der Waals surface area contributed by atoms with Crippen LogP contribution in [0.25, 0.3) is 10.9 Å². The highest BCUT2D eigenvalue weighted by Crippen LogP contribution is 2.26. The third kappa shape index (κ3) is 2.09. The van der Waals surface area contributed by atoms with Crippen molar-refractivity contribution in [3.05, 3.63) is 35.3 Å². The smallest absolute Gasteiger partial charge is 0.130 e. The maximum absolute atomic E-state index is 13.2. The molecule has 0 radical (unpaired) electrons. The van der Waals surface area contributed by atoms with Gasteiger partial charge in [-0.3, -0.25) is 0 Å². The van der Waals surface area contributed by atoms with Crippen molar-refractivity contribution in [2.24, 2.45) is 7.05 Å². The number of carbonyl (C=O) groups excluding carboxylic acids is 1. The summed E-state index contributed by atoms with van der Waals surface area (Å²) in [5.74, 6) is -0.0419. The summed E-state index contributed by atoms with van der Waals surface area (Å²) < 4.78 is 15.2. The molecule has 90 valence electrons. The monoisotopic (exact) mass is 233 g/mol. The van der Waals surface area contributed by atoms with Crippen molar-refractivity contribution < 1.29 is 9.18 Å². The van der Waals surface area contributed by atoms with E-state index in [0.29, 0.717) is 6.42 Å². The molecule has 1 aromatic carbocycles. The van der Waals surface area contributed by atoms with Crippen LogP contribution in [0.4, 0.5) is 4.39 Å². The lowest BCUT2D eigenvalue weighted by Gasteiger charge is -2.00. The second kappa shape index (κ2) is 4.32. The topological polar surface area (TPSA) is 22.0 Å². The molecule has 0 aliphatic heterocycles. The molecule has 0 N–H and O–H groups in total. The van der Waals surface area contributed by atoms with Gasteiger partial charge in [-0.2, -0.15) is 0 Å². The van der Waals surface area contributed by atoms with Gasteiger partial charge in [-0.25, -0.2) is 4.39 Å². The molecule has 2 nitrogen and oxygen atoms in total. The zero-order valence-electron chi connectivity index (χ0n) is 10.4. The molecule has 0 unspecified atom stereocenters. The molecule has 17 heavy (non-hydrogen) atoms. The number of benzene rings is 1. The van der Waals surface area contributed by atoms with Crippen LogP contribution < -0.4 is 0 Å². The Bertz CT molecular complexity index is 583. The van der Waals surface area contributed by atoms with Crippen LogP contribution in [-0.4, -0.2) is 10.4 Å². The van der Waals surface area contributed by atoms with Crippen LogP contribution in [0, 0.1) is 12.7 Å². The first-order chi connectivity index (χ1) is 8.00. The maximum Gasteiger partial charge on any atom is 0.130 e. The van der Waals surface area contributed by atoms with Crippen molar-refractivity contribution in [3.8, 4) is 0 Å². The number of hydrogen-bond acceptors (Lipinski definition) is 1. The van der Waals surface area contributed by atoms with Gasteiger partial charge in [0, 0.05) is 24.5 Å². The second-order valence-corrected chi connectivity index (χ2v) is 4.49. The molecule has 2 aromatic rings. The van der Waals surface area contributed by atoms with Gasteiger partial charge in [0.25, 0.3) is 0 Å². The number of halogens is 1. The summed E-state index contributed by atoms with van der Waals surface area (Å²) in [6, 6.07) is 4.81. The number of nitrogens with zero attached hydrogens (tertiary/aromatic N) is 1. The van der Waals surface area contributed by atoms with Gasteiger partial charge >= 0.3 is 0 Å². The number of rotatable bonds is 3. The maximum atomic E-state index is 13.2. The van der Waals surface area contributed by atoms with Gasteiger partial charge in [0.2, 0.25) is 0 Å². The van der Waals surface area contributed by atoms with E-state index < -0.39 is 0 Å². The average molecular weight is 233 g/mol. The molecule has 2 rings (SSSR count). The lowest BCUT2D eigenvalue weighted by molar-refractivity contribution is -0.116. The summed E-state index contributed by atoms with van der Waals surface area (Å²) in [5, 5.41) is 1.05. The number of fused-ring (bicyclic) bond motifs is 1. The first-order valence-corrected chi connectivity index (χ1v) is 5.73. The van der Waals surface area contributed by atoms with Crippen LogP contribution in [0.2, 0.25) is 0 Å². The SMILES string of the molecule is CC(=O)CCc1c(C)n(C)c2cc(F)ccc12. The quantitative estimate of drug-likeness (QED) is 0.798. The van der Waals surface area contributed by atoms with Gasteiger partial charge in [-0.1, -0.05) is 0 Å². The van der Waals surface area contributed by atoms with Crippen LogP contribution in [0.1, 0.15) is 24.6 Å². The summed E-state index contributed by atoms with van der Waals surface area (Å²) in [7, 11) is 1.92. The lowest BCUT2D eigenvalue weighted by atomic mass is 10.0. The van der Waals surface area contributed by atoms with Crippen LogP contribution in [0.15, 0.2) is 18.2 Å². The molecule has 3 heteroatoms. The summed E-state index contributed by atoms with van der Waals surface area (Å²) in [6.07, 6.45) is 1.27. The van der Waals surface area contributed by atoms with Crippen molar-refractivity contribution in [2.75, 3.05) is 0 Å². The predicted molar refractivity (Wildman–Crippen MR) is 66.6 cm³/mol. The van der Waals surface area contributed by atoms with Crippen LogP contribution in [-0.2, 0) is 18.3 Å². The highest BCUT2D eigenvalue weighted by atomic mass is 19.1. The molecule has 0 aliphatic carbocycles. The van der Waals surface area contributed by atoms with Gasteiger partial charge < -0.3 is 9.36 Å². The Labute approximate surface area is 100 Å². The summed E-state index contributed by atoms with van der Waals surface area (Å²) in [6.45, 7) is 3.60. The van der Waals surface area contributed by atoms with Gasteiger partial charge in [0.05, 0.1) is 5.52 Å². The molecule has 0 spiro atoms. The standard InChI is InChI=1S/C14H16FNO/c1-9(17)4-6-12-10(2)16(3)14-8-11(15)5-7-13(12)14/h5,7-8H,4,6H2,1-3H3. The van der Waals surface area contributed by atoms with Crippen molar-refractivity contribution in [1.82, 2.24) is 4.57 Å². The average Bonchev–Trinajstić information content (AvgIpc) is 2.50. The fourth-order valence-electron chi connectivity index (χ4n) is 2.23. The molecule has 0 saturated carbocycles. The largest absolute Gasteiger partial charge is 0.348 e. The number of Topliss-reactive ketones (excluding diaryl/α,β-unsaturated/α-hetero) is 1. The Morgan fingerprint density at radius 2 is 2.12 bits per heavy atom. The van der Waals surface area contributed by atoms with E-state index >= 15 is 0 Å². The third-order valence-corrected chi connectivity index (χ3v) is 3.31. The van der Waals surface area contributed by atoms with Crippen LogP contribution in [0.3, 0.4) is 0 Å². The predicted octanol–water partition coefficient (Wildman–Crippen LogP) is 3.15. The molecule has 1 aromatic heterocycles. The van der Waals surface area contributed by atoms with E-state index in [2.05, 4.69) is 0 Å². The summed E-state index contributed by atoms with van der Waals surface area (Å²) in [4.78, 5) is 11.1. The molecule has 0 amide bonds.